The molecule has 1 aliphatic rings. The quantitative estimate of drug-likeness (QED) is 0.337. The van der Waals surface area contributed by atoms with E-state index in [0.717, 1.165) is 16.5 Å². The van der Waals surface area contributed by atoms with Crippen LogP contribution in [0.1, 0.15) is 34.2 Å². The molecule has 1 unspecified atom stereocenters. The molecule has 1 aliphatic heterocycles. The number of amides is 1. The maximum absolute atomic E-state index is 13.7. The fourth-order valence-electron chi connectivity index (χ4n) is 4.24. The number of carbonyl (C=O) groups is 1. The zero-order valence-corrected chi connectivity index (χ0v) is 21.6. The molecule has 1 amide bonds. The molecule has 8 nitrogen and oxygen atoms in total. The van der Waals surface area contributed by atoms with Gasteiger partial charge in [-0.25, -0.2) is 12.4 Å². The largest absolute Gasteiger partial charge is 0.345 e. The van der Waals surface area contributed by atoms with Gasteiger partial charge in [-0.2, -0.15) is 0 Å². The number of carbonyl (C=O) groups excluding carboxylic acids is 1. The molecule has 0 bridgehead atoms. The second-order valence-corrected chi connectivity index (χ2v) is 10.9. The van der Waals surface area contributed by atoms with Crippen molar-refractivity contribution in [3.05, 3.63) is 101 Å². The summed E-state index contributed by atoms with van der Waals surface area (Å²) in [6, 6.07) is 16.0. The van der Waals surface area contributed by atoms with E-state index in [1.807, 2.05) is 31.2 Å². The van der Waals surface area contributed by atoms with Crippen molar-refractivity contribution in [2.75, 3.05) is 14.1 Å². The van der Waals surface area contributed by atoms with E-state index >= 15 is 0 Å². The third kappa shape index (κ3) is 4.81. The molecule has 37 heavy (non-hydrogen) atoms. The van der Waals surface area contributed by atoms with Crippen LogP contribution in [0.3, 0.4) is 0 Å². The number of nitrogens with zero attached hydrogens (tertiary/aromatic N) is 3. The standard InChI is InChI=1S/C28H27N3O5S/c1-19-6-11-23(12-7-19)37(33,34)31-16-14-21-9-8-20(10-13-25(32)30(2)3)24(27(21)31)18-36-28-26-22(17-35-28)5-4-15-29-26/h4-16,28H,17-18H2,1-3H3/b13-10+. The lowest BCUT2D eigenvalue weighted by molar-refractivity contribution is -0.147. The van der Waals surface area contributed by atoms with Gasteiger partial charge >= 0.3 is 0 Å². The van der Waals surface area contributed by atoms with E-state index in [-0.39, 0.29) is 17.4 Å². The van der Waals surface area contributed by atoms with Crippen molar-refractivity contribution in [1.29, 1.82) is 0 Å². The van der Waals surface area contributed by atoms with Gasteiger partial charge in [0, 0.05) is 49.1 Å². The lowest BCUT2D eigenvalue weighted by atomic mass is 10.0. The van der Waals surface area contributed by atoms with E-state index in [2.05, 4.69) is 4.98 Å². The highest BCUT2D eigenvalue weighted by atomic mass is 32.2. The van der Waals surface area contributed by atoms with Gasteiger partial charge in [-0.3, -0.25) is 9.78 Å². The maximum atomic E-state index is 13.7. The van der Waals surface area contributed by atoms with Crippen molar-refractivity contribution in [1.82, 2.24) is 13.9 Å². The van der Waals surface area contributed by atoms with Crippen molar-refractivity contribution < 1.29 is 22.7 Å². The number of rotatable bonds is 7. The van der Waals surface area contributed by atoms with Crippen LogP contribution in [0.5, 0.6) is 0 Å². The van der Waals surface area contributed by atoms with E-state index in [0.29, 0.717) is 28.9 Å². The van der Waals surface area contributed by atoms with Crippen LogP contribution in [0, 0.1) is 6.92 Å². The number of aromatic nitrogens is 2. The third-order valence-corrected chi connectivity index (χ3v) is 7.99. The molecule has 0 saturated carbocycles. The van der Waals surface area contributed by atoms with Crippen LogP contribution in [-0.4, -0.2) is 42.3 Å². The van der Waals surface area contributed by atoms with Crippen LogP contribution in [0.4, 0.5) is 0 Å². The van der Waals surface area contributed by atoms with E-state index < -0.39 is 16.3 Å². The fraction of sp³-hybridized carbons (Fsp3) is 0.214. The van der Waals surface area contributed by atoms with Crippen molar-refractivity contribution in [2.45, 2.75) is 31.3 Å². The van der Waals surface area contributed by atoms with Gasteiger partial charge in [0.15, 0.2) is 0 Å². The number of pyridine rings is 1. The molecule has 0 saturated heterocycles. The Bertz CT molecular complexity index is 1600. The summed E-state index contributed by atoms with van der Waals surface area (Å²) in [5, 5.41) is 0.733. The minimum Gasteiger partial charge on any atom is -0.345 e. The van der Waals surface area contributed by atoms with E-state index in [4.69, 9.17) is 9.47 Å². The predicted octanol–water partition coefficient (Wildman–Crippen LogP) is 4.43. The zero-order chi connectivity index (χ0) is 26.2. The van der Waals surface area contributed by atoms with Gasteiger partial charge in [-0.1, -0.05) is 35.9 Å². The van der Waals surface area contributed by atoms with Crippen LogP contribution in [0.15, 0.2) is 78.0 Å². The van der Waals surface area contributed by atoms with Crippen molar-refractivity contribution in [2.24, 2.45) is 0 Å². The first-order chi connectivity index (χ1) is 17.8. The minimum absolute atomic E-state index is 0.0429. The summed E-state index contributed by atoms with van der Waals surface area (Å²) in [5.74, 6) is -0.188. The van der Waals surface area contributed by atoms with E-state index in [1.165, 1.54) is 14.9 Å². The lowest BCUT2D eigenvalue weighted by Gasteiger charge is -2.17. The van der Waals surface area contributed by atoms with Gasteiger partial charge in [0.25, 0.3) is 10.0 Å². The summed E-state index contributed by atoms with van der Waals surface area (Å²) in [6.07, 6.45) is 5.69. The van der Waals surface area contributed by atoms with Crippen LogP contribution >= 0.6 is 0 Å². The third-order valence-electron chi connectivity index (χ3n) is 6.30. The number of hydrogen-bond acceptors (Lipinski definition) is 6. The van der Waals surface area contributed by atoms with Crippen LogP contribution in [0.2, 0.25) is 0 Å². The lowest BCUT2D eigenvalue weighted by Crippen LogP contribution is -2.18. The molecule has 190 valence electrons. The summed E-state index contributed by atoms with van der Waals surface area (Å²) >= 11 is 0. The normalized spacial score (nSPS) is 15.4. The molecule has 4 aromatic rings. The SMILES string of the molecule is Cc1ccc(S(=O)(=O)n2ccc3ccc(/C=C/C(=O)N(C)C)c(COC4OCc5cccnc54)c32)cc1. The average Bonchev–Trinajstić information content (AvgIpc) is 3.51. The second kappa shape index (κ2) is 9.93. The molecule has 0 spiro atoms. The smallest absolute Gasteiger partial charge is 0.268 e. The first kappa shape index (κ1) is 24.9. The molecular formula is C28H27N3O5S. The highest BCUT2D eigenvalue weighted by Crippen LogP contribution is 2.33. The summed E-state index contributed by atoms with van der Waals surface area (Å²) in [6.45, 7) is 2.34. The maximum Gasteiger partial charge on any atom is 0.268 e. The van der Waals surface area contributed by atoms with E-state index in [9.17, 15) is 13.2 Å². The first-order valence-corrected chi connectivity index (χ1v) is 13.2. The van der Waals surface area contributed by atoms with Crippen LogP contribution in [-0.2, 0) is 37.5 Å². The highest BCUT2D eigenvalue weighted by Gasteiger charge is 2.27. The Morgan fingerprint density at radius 3 is 2.70 bits per heavy atom. The molecule has 2 aromatic heterocycles. The van der Waals surface area contributed by atoms with Crippen molar-refractivity contribution >= 4 is 32.9 Å². The Kier molecular flexibility index (Phi) is 6.68. The first-order valence-electron chi connectivity index (χ1n) is 11.8. The summed E-state index contributed by atoms with van der Waals surface area (Å²) in [7, 11) is -0.555. The molecule has 0 radical (unpaired) electrons. The molecular weight excluding hydrogens is 490 g/mol. The van der Waals surface area contributed by atoms with Crippen LogP contribution < -0.4 is 0 Å². The predicted molar refractivity (Wildman–Crippen MR) is 140 cm³/mol. The van der Waals surface area contributed by atoms with Gasteiger partial charge in [0.1, 0.15) is 5.69 Å². The topological polar surface area (TPSA) is 90.7 Å². The Balaban J connectivity index is 1.61. The number of fused-ring (bicyclic) bond motifs is 2. The Hall–Kier alpha value is -3.79. The minimum atomic E-state index is -3.89. The average molecular weight is 518 g/mol. The molecule has 0 aliphatic carbocycles. The Morgan fingerprint density at radius 1 is 1.16 bits per heavy atom. The van der Waals surface area contributed by atoms with Crippen LogP contribution in [0.25, 0.3) is 17.0 Å². The van der Waals surface area contributed by atoms with Gasteiger partial charge in [0.05, 0.1) is 23.6 Å². The van der Waals surface area contributed by atoms with Crippen molar-refractivity contribution in [3.63, 3.8) is 0 Å². The highest BCUT2D eigenvalue weighted by molar-refractivity contribution is 7.90. The number of hydrogen-bond donors (Lipinski definition) is 0. The Morgan fingerprint density at radius 2 is 1.95 bits per heavy atom. The zero-order valence-electron chi connectivity index (χ0n) is 20.8. The molecule has 9 heteroatoms. The van der Waals surface area contributed by atoms with Crippen molar-refractivity contribution in [3.8, 4) is 0 Å². The number of benzene rings is 2. The van der Waals surface area contributed by atoms with E-state index in [1.54, 1.807) is 62.9 Å². The summed E-state index contributed by atoms with van der Waals surface area (Å²) in [5.41, 5.74) is 4.40. The molecule has 5 rings (SSSR count). The number of aryl methyl sites for hydroxylation is 1. The monoisotopic (exact) mass is 517 g/mol. The fourth-order valence-corrected chi connectivity index (χ4v) is 5.63. The molecule has 0 N–H and O–H groups in total. The van der Waals surface area contributed by atoms with Gasteiger partial charge in [-0.15, -0.1) is 0 Å². The molecule has 0 fully saturated rings. The molecule has 2 aromatic carbocycles. The Labute approximate surface area is 215 Å². The molecule has 1 atom stereocenters. The number of ether oxygens (including phenoxy) is 2. The second-order valence-electron chi connectivity index (χ2n) is 9.07. The van der Waals surface area contributed by atoms with Gasteiger partial charge in [-0.05, 0) is 42.8 Å². The van der Waals surface area contributed by atoms with Gasteiger partial charge < -0.3 is 14.4 Å². The number of likely N-dealkylation sites (N-methyl/N-ethyl adjacent to an activating group) is 1. The summed E-state index contributed by atoms with van der Waals surface area (Å²) < 4.78 is 40.6. The summed E-state index contributed by atoms with van der Waals surface area (Å²) in [4.78, 5) is 18.3. The molecule has 3 heterocycles. The van der Waals surface area contributed by atoms with Gasteiger partial charge in [0.2, 0.25) is 12.2 Å².